The van der Waals surface area contributed by atoms with Gasteiger partial charge in [0.05, 0.1) is 6.42 Å². The van der Waals surface area contributed by atoms with Crippen LogP contribution in [-0.2, 0) is 20.4 Å². The zero-order chi connectivity index (χ0) is 23.0. The van der Waals surface area contributed by atoms with Gasteiger partial charge in [-0.15, -0.1) is 0 Å². The second-order valence-electron chi connectivity index (χ2n) is 8.13. The molecule has 1 fully saturated rings. The summed E-state index contributed by atoms with van der Waals surface area (Å²) in [5.74, 6) is -1.63. The molecule has 1 N–H and O–H groups in total. The van der Waals surface area contributed by atoms with E-state index < -0.39 is 22.8 Å². The van der Waals surface area contributed by atoms with E-state index in [0.29, 0.717) is 24.9 Å². The second kappa shape index (κ2) is 8.82. The van der Waals surface area contributed by atoms with Crippen molar-refractivity contribution in [3.63, 3.8) is 0 Å². The van der Waals surface area contributed by atoms with E-state index in [0.717, 1.165) is 32.7 Å². The number of carboxylic acid groups (broad SMARTS) is 1. The minimum atomic E-state index is -1.06. The van der Waals surface area contributed by atoms with Crippen LogP contribution in [0.1, 0.15) is 42.9 Å². The van der Waals surface area contributed by atoms with Crippen molar-refractivity contribution in [3.8, 4) is 0 Å². The molecular formula is C25H24FNO4S. The first-order valence-corrected chi connectivity index (χ1v) is 12.0. The Morgan fingerprint density at radius 3 is 2.56 bits per heavy atom. The second-order valence-corrected chi connectivity index (χ2v) is 9.51. The first kappa shape index (κ1) is 22.1. The molecule has 1 saturated heterocycles. The number of benzene rings is 2. The standard InChI is InChI=1S/C25H24FNO4S/c1-15-20(12-16-5-8-18(9-6-16)32(2)31)19-10-7-17(26)13-22(19)21(15)14-24(28)27-11-3-4-23(27)25(29)30/h5-10,12-13,23H,3-4,11,14H2,1-2H3,(H,29,30)/b20-12+/t23-,32+/m1/s1. The van der Waals surface area contributed by atoms with E-state index >= 15 is 0 Å². The molecule has 1 amide bonds. The molecule has 7 heteroatoms. The van der Waals surface area contributed by atoms with Gasteiger partial charge in [0, 0.05) is 28.5 Å². The van der Waals surface area contributed by atoms with E-state index in [-0.39, 0.29) is 18.1 Å². The van der Waals surface area contributed by atoms with Crippen molar-refractivity contribution in [1.29, 1.82) is 0 Å². The maximum atomic E-state index is 14.1. The molecule has 2 atom stereocenters. The fourth-order valence-electron chi connectivity index (χ4n) is 4.48. The first-order valence-electron chi connectivity index (χ1n) is 10.4. The topological polar surface area (TPSA) is 74.7 Å². The van der Waals surface area contributed by atoms with Crippen LogP contribution in [0.3, 0.4) is 0 Å². The fraction of sp³-hybridized carbons (Fsp3) is 0.280. The van der Waals surface area contributed by atoms with Gasteiger partial charge >= 0.3 is 5.97 Å². The molecule has 166 valence electrons. The number of amides is 1. The molecule has 5 nitrogen and oxygen atoms in total. The van der Waals surface area contributed by atoms with Crippen molar-refractivity contribution in [2.45, 2.75) is 37.1 Å². The normalized spacial score (nSPS) is 20.0. The van der Waals surface area contributed by atoms with Gasteiger partial charge in [-0.2, -0.15) is 0 Å². The van der Waals surface area contributed by atoms with E-state index in [4.69, 9.17) is 0 Å². The Bertz CT molecular complexity index is 1180. The molecule has 0 aromatic heterocycles. The molecule has 0 bridgehead atoms. The molecule has 4 rings (SSSR count). The number of carbonyl (C=O) groups is 2. The third-order valence-corrected chi connectivity index (χ3v) is 7.10. The maximum absolute atomic E-state index is 14.1. The molecular weight excluding hydrogens is 429 g/mol. The van der Waals surface area contributed by atoms with Crippen LogP contribution < -0.4 is 0 Å². The van der Waals surface area contributed by atoms with Crippen LogP contribution in [0.15, 0.2) is 52.9 Å². The van der Waals surface area contributed by atoms with E-state index in [1.807, 2.05) is 37.3 Å². The molecule has 0 spiro atoms. The van der Waals surface area contributed by atoms with Gasteiger partial charge < -0.3 is 10.0 Å². The maximum Gasteiger partial charge on any atom is 0.326 e. The molecule has 2 aromatic carbocycles. The minimum Gasteiger partial charge on any atom is -0.480 e. The van der Waals surface area contributed by atoms with Gasteiger partial charge in [0.25, 0.3) is 0 Å². The predicted octanol–water partition coefficient (Wildman–Crippen LogP) is 4.36. The smallest absolute Gasteiger partial charge is 0.326 e. The quantitative estimate of drug-likeness (QED) is 0.730. The predicted molar refractivity (Wildman–Crippen MR) is 123 cm³/mol. The van der Waals surface area contributed by atoms with Crippen LogP contribution in [0.5, 0.6) is 0 Å². The highest BCUT2D eigenvalue weighted by Gasteiger charge is 2.35. The van der Waals surface area contributed by atoms with Crippen molar-refractivity contribution in [2.75, 3.05) is 12.8 Å². The summed E-state index contributed by atoms with van der Waals surface area (Å²) < 4.78 is 25.7. The molecule has 1 heterocycles. The number of allylic oxidation sites excluding steroid dienone is 2. The van der Waals surface area contributed by atoms with Crippen LogP contribution in [0.25, 0.3) is 17.2 Å². The molecule has 1 aliphatic heterocycles. The van der Waals surface area contributed by atoms with Crippen molar-refractivity contribution in [2.24, 2.45) is 0 Å². The lowest BCUT2D eigenvalue weighted by Crippen LogP contribution is -2.40. The Kier molecular flexibility index (Phi) is 6.11. The monoisotopic (exact) mass is 453 g/mol. The van der Waals surface area contributed by atoms with Crippen LogP contribution in [-0.4, -0.2) is 44.9 Å². The highest BCUT2D eigenvalue weighted by Crippen LogP contribution is 2.44. The van der Waals surface area contributed by atoms with E-state index in [1.165, 1.54) is 17.0 Å². The average Bonchev–Trinajstić information content (AvgIpc) is 3.34. The van der Waals surface area contributed by atoms with Crippen LogP contribution in [0.4, 0.5) is 4.39 Å². The number of aliphatic carboxylic acids is 1. The van der Waals surface area contributed by atoms with Crippen LogP contribution in [0.2, 0.25) is 0 Å². The van der Waals surface area contributed by atoms with E-state index in [9.17, 15) is 23.3 Å². The number of hydrogen-bond donors (Lipinski definition) is 1. The molecule has 0 unspecified atom stereocenters. The van der Waals surface area contributed by atoms with Gasteiger partial charge in [0.1, 0.15) is 11.9 Å². The summed E-state index contributed by atoms with van der Waals surface area (Å²) in [6.07, 6.45) is 4.74. The highest BCUT2D eigenvalue weighted by molar-refractivity contribution is 7.84. The summed E-state index contributed by atoms with van der Waals surface area (Å²) in [7, 11) is -1.06. The van der Waals surface area contributed by atoms with E-state index in [2.05, 4.69) is 0 Å². The summed E-state index contributed by atoms with van der Waals surface area (Å²) in [6, 6.07) is 11.1. The van der Waals surface area contributed by atoms with Crippen LogP contribution >= 0.6 is 0 Å². The Balaban J connectivity index is 1.71. The number of nitrogens with zero attached hydrogens (tertiary/aromatic N) is 1. The third kappa shape index (κ3) is 4.17. The van der Waals surface area contributed by atoms with Crippen molar-refractivity contribution in [1.82, 2.24) is 4.90 Å². The minimum absolute atomic E-state index is 0.0250. The number of carbonyl (C=O) groups excluding carboxylic acids is 1. The Hall–Kier alpha value is -3.06. The highest BCUT2D eigenvalue weighted by atomic mass is 32.2. The number of fused-ring (bicyclic) bond motifs is 1. The molecule has 2 aliphatic rings. The fourth-order valence-corrected chi connectivity index (χ4v) is 5.00. The van der Waals surface area contributed by atoms with Crippen molar-refractivity contribution < 1.29 is 23.3 Å². The van der Waals surface area contributed by atoms with Gasteiger partial charge in [-0.3, -0.25) is 9.00 Å². The third-order valence-electron chi connectivity index (χ3n) is 6.16. The number of hydrogen-bond acceptors (Lipinski definition) is 3. The molecule has 1 aliphatic carbocycles. The number of carboxylic acids is 1. The van der Waals surface area contributed by atoms with Crippen LogP contribution in [0, 0.1) is 5.82 Å². The molecule has 32 heavy (non-hydrogen) atoms. The number of likely N-dealkylation sites (tertiary alicyclic amines) is 1. The summed E-state index contributed by atoms with van der Waals surface area (Å²) >= 11 is 0. The lowest BCUT2D eigenvalue weighted by atomic mass is 10.0. The van der Waals surface area contributed by atoms with Gasteiger partial charge in [-0.1, -0.05) is 18.2 Å². The molecule has 2 aromatic rings. The molecule has 0 saturated carbocycles. The zero-order valence-electron chi connectivity index (χ0n) is 17.9. The average molecular weight is 454 g/mol. The first-order chi connectivity index (χ1) is 15.3. The lowest BCUT2D eigenvalue weighted by molar-refractivity contribution is -0.147. The van der Waals surface area contributed by atoms with Crippen molar-refractivity contribution in [3.05, 3.63) is 70.5 Å². The summed E-state index contributed by atoms with van der Waals surface area (Å²) in [5.41, 5.74) is 4.89. The summed E-state index contributed by atoms with van der Waals surface area (Å²) in [4.78, 5) is 26.7. The Morgan fingerprint density at radius 1 is 1.19 bits per heavy atom. The van der Waals surface area contributed by atoms with Gasteiger partial charge in [-0.05, 0) is 83.5 Å². The molecule has 0 radical (unpaired) electrons. The SMILES string of the molecule is CC1=C(CC(=O)N2CCC[C@@H]2C(=O)O)c2cc(F)ccc2/C1=C/c1ccc([S@](C)=O)cc1. The summed E-state index contributed by atoms with van der Waals surface area (Å²) in [5, 5.41) is 9.42. The summed E-state index contributed by atoms with van der Waals surface area (Å²) in [6.45, 7) is 2.33. The van der Waals surface area contributed by atoms with Gasteiger partial charge in [0.2, 0.25) is 5.91 Å². The number of halogens is 1. The lowest BCUT2D eigenvalue weighted by Gasteiger charge is -2.22. The Labute approximate surface area is 188 Å². The van der Waals surface area contributed by atoms with Crippen molar-refractivity contribution >= 4 is 39.9 Å². The zero-order valence-corrected chi connectivity index (χ0v) is 18.7. The Morgan fingerprint density at radius 2 is 1.91 bits per heavy atom. The number of rotatable bonds is 5. The van der Waals surface area contributed by atoms with E-state index in [1.54, 1.807) is 12.3 Å². The largest absolute Gasteiger partial charge is 0.480 e. The van der Waals surface area contributed by atoms with Gasteiger partial charge in [0.15, 0.2) is 0 Å². The van der Waals surface area contributed by atoms with Gasteiger partial charge in [-0.25, -0.2) is 9.18 Å².